The minimum atomic E-state index is -3.02. The van der Waals surface area contributed by atoms with Crippen LogP contribution in [0.4, 0.5) is 0 Å². The van der Waals surface area contributed by atoms with Gasteiger partial charge in [-0.15, -0.1) is 0 Å². The van der Waals surface area contributed by atoms with Gasteiger partial charge in [0, 0.05) is 27.2 Å². The molecule has 12 rings (SSSR count). The predicted octanol–water partition coefficient (Wildman–Crippen LogP) is 12.6. The molecule has 12 aromatic rings. The zero-order valence-corrected chi connectivity index (χ0v) is 35.6. The van der Waals surface area contributed by atoms with Gasteiger partial charge >= 0.3 is 0 Å². The number of nitrogens with zero attached hydrogens (tertiary/aromatic N) is 2. The molecule has 10 aromatic carbocycles. The summed E-state index contributed by atoms with van der Waals surface area (Å²) in [4.78, 5) is 0. The number of fused-ring (bicyclic) bond motifs is 6. The van der Waals surface area contributed by atoms with Crippen molar-refractivity contribution < 1.29 is 0 Å². The highest BCUT2D eigenvalue weighted by atomic mass is 28.3. The Balaban J connectivity index is 1.29. The van der Waals surface area contributed by atoms with E-state index >= 15 is 0 Å². The Morgan fingerprint density at radius 1 is 0.270 bits per heavy atom. The number of hydrogen-bond acceptors (Lipinski definition) is 0. The van der Waals surface area contributed by atoms with Gasteiger partial charge < -0.3 is 9.13 Å². The number of benzene rings is 10. The lowest BCUT2D eigenvalue weighted by atomic mass is 10.0. The first-order valence-corrected chi connectivity index (χ1v) is 23.8. The third-order valence-electron chi connectivity index (χ3n) is 13.0. The van der Waals surface area contributed by atoms with E-state index in [2.05, 4.69) is 264 Å². The quantitative estimate of drug-likeness (QED) is 0.107. The third kappa shape index (κ3) is 5.85. The fourth-order valence-corrected chi connectivity index (χ4v) is 15.3. The van der Waals surface area contributed by atoms with Crippen LogP contribution < -0.4 is 20.7 Å². The molecule has 63 heavy (non-hydrogen) atoms. The molecule has 0 aliphatic rings. The van der Waals surface area contributed by atoms with E-state index in [1.54, 1.807) is 0 Å². The van der Waals surface area contributed by atoms with E-state index in [9.17, 15) is 0 Å². The van der Waals surface area contributed by atoms with Crippen molar-refractivity contribution in [3.05, 3.63) is 255 Å². The summed E-state index contributed by atoms with van der Waals surface area (Å²) in [5, 5.41) is 10.3. The summed E-state index contributed by atoms with van der Waals surface area (Å²) in [6, 6.07) is 94.5. The van der Waals surface area contributed by atoms with Crippen LogP contribution in [0, 0.1) is 0 Å². The van der Waals surface area contributed by atoms with Crippen molar-refractivity contribution in [1.29, 1.82) is 0 Å². The monoisotopic (exact) mass is 818 g/mol. The molecular weight excluding hydrogens is 777 g/mol. The normalized spacial score (nSPS) is 11.8. The Labute approximate surface area is 368 Å². The van der Waals surface area contributed by atoms with Crippen molar-refractivity contribution in [2.75, 3.05) is 0 Å². The minimum Gasteiger partial charge on any atom is -0.307 e. The molecule has 0 spiro atoms. The van der Waals surface area contributed by atoms with Gasteiger partial charge in [0.15, 0.2) is 8.07 Å². The zero-order valence-electron chi connectivity index (χ0n) is 34.6. The van der Waals surface area contributed by atoms with Crippen LogP contribution in [0.5, 0.6) is 0 Å². The molecule has 3 heteroatoms. The van der Waals surface area contributed by atoms with Crippen LogP contribution in [0.15, 0.2) is 255 Å². The van der Waals surface area contributed by atoms with Crippen molar-refractivity contribution in [3.8, 4) is 33.6 Å². The average molecular weight is 819 g/mol. The fraction of sp³-hybridized carbons (Fsp3) is 0. The van der Waals surface area contributed by atoms with E-state index in [1.165, 1.54) is 86.6 Å². The molecule has 2 heterocycles. The van der Waals surface area contributed by atoms with Gasteiger partial charge in [0.2, 0.25) is 0 Å². The molecule has 296 valence electrons. The molecule has 0 N–H and O–H groups in total. The number of para-hydroxylation sites is 3. The third-order valence-corrected chi connectivity index (χ3v) is 17.8. The summed E-state index contributed by atoms with van der Waals surface area (Å²) < 4.78 is 5.14. The van der Waals surface area contributed by atoms with Gasteiger partial charge in [-0.05, 0) is 79.4 Å². The largest absolute Gasteiger partial charge is 0.307 e. The Bertz CT molecular complexity index is 3500. The molecule has 0 bridgehead atoms. The molecule has 0 aliphatic carbocycles. The van der Waals surface area contributed by atoms with Gasteiger partial charge in [0.1, 0.15) is 0 Å². The van der Waals surface area contributed by atoms with Gasteiger partial charge in [-0.2, -0.15) is 0 Å². The molecule has 0 saturated heterocycles. The molecule has 2 aromatic heterocycles. The maximum atomic E-state index is 2.63. The maximum absolute atomic E-state index is 3.02. The second-order valence-electron chi connectivity index (χ2n) is 16.4. The van der Waals surface area contributed by atoms with Gasteiger partial charge in [0.05, 0.1) is 27.8 Å². The highest BCUT2D eigenvalue weighted by Crippen LogP contribution is 2.42. The first-order chi connectivity index (χ1) is 31.3. The average Bonchev–Trinajstić information content (AvgIpc) is 3.89. The van der Waals surface area contributed by atoms with Crippen molar-refractivity contribution in [3.63, 3.8) is 0 Å². The van der Waals surface area contributed by atoms with E-state index < -0.39 is 8.07 Å². The highest BCUT2D eigenvalue weighted by molar-refractivity contribution is 7.20. The Hall–Kier alpha value is -7.98. The lowest BCUT2D eigenvalue weighted by molar-refractivity contribution is 1.13. The zero-order chi connectivity index (χ0) is 41.7. The topological polar surface area (TPSA) is 9.86 Å². The van der Waals surface area contributed by atoms with Crippen molar-refractivity contribution in [2.24, 2.45) is 0 Å². The lowest BCUT2D eigenvalue weighted by Gasteiger charge is -2.35. The molecule has 0 amide bonds. The molecule has 0 aliphatic heterocycles. The Morgan fingerprint density at radius 3 is 1.30 bits per heavy atom. The lowest BCUT2D eigenvalue weighted by Crippen LogP contribution is -2.75. The van der Waals surface area contributed by atoms with E-state index in [1.807, 2.05) is 0 Å². The molecule has 0 fully saturated rings. The van der Waals surface area contributed by atoms with Gasteiger partial charge in [-0.3, -0.25) is 0 Å². The van der Waals surface area contributed by atoms with E-state index in [0.717, 1.165) is 11.4 Å². The molecule has 0 radical (unpaired) electrons. The van der Waals surface area contributed by atoms with E-state index in [-0.39, 0.29) is 0 Å². The summed E-state index contributed by atoms with van der Waals surface area (Å²) in [7, 11) is -3.02. The van der Waals surface area contributed by atoms with Crippen LogP contribution in [0.2, 0.25) is 0 Å². The van der Waals surface area contributed by atoms with Gasteiger partial charge in [-0.25, -0.2) is 0 Å². The Kier molecular flexibility index (Phi) is 8.87. The van der Waals surface area contributed by atoms with Crippen LogP contribution in [-0.2, 0) is 0 Å². The summed E-state index contributed by atoms with van der Waals surface area (Å²) >= 11 is 0. The standard InChI is InChI=1S/C60H42N2Si/c1-6-22-43(23-7-1)45-26-20-27-47(40-45)61-55-37-18-17-35-52(55)54-41-46(44-24-8-2-9-25-44)42-57(59(54)61)62-56-38-19-16-34-51(56)53-36-21-39-58(60(53)62)63(48-28-10-3-11-29-48,49-30-12-4-13-31-49)50-32-14-5-15-33-50/h1-42H. The van der Waals surface area contributed by atoms with Crippen LogP contribution in [-0.4, -0.2) is 17.2 Å². The Morgan fingerprint density at radius 2 is 0.714 bits per heavy atom. The van der Waals surface area contributed by atoms with Crippen molar-refractivity contribution >= 4 is 72.4 Å². The summed E-state index contributed by atoms with van der Waals surface area (Å²) in [6.07, 6.45) is 0. The van der Waals surface area contributed by atoms with Gasteiger partial charge in [-0.1, -0.05) is 218 Å². The fourth-order valence-electron chi connectivity index (χ4n) is 10.4. The predicted molar refractivity (Wildman–Crippen MR) is 270 cm³/mol. The number of aromatic nitrogens is 2. The van der Waals surface area contributed by atoms with Crippen LogP contribution >= 0.6 is 0 Å². The number of hydrogen-bond donors (Lipinski definition) is 0. The minimum absolute atomic E-state index is 1.12. The highest BCUT2D eigenvalue weighted by Gasteiger charge is 2.43. The smallest absolute Gasteiger partial charge is 0.181 e. The van der Waals surface area contributed by atoms with Crippen LogP contribution in [0.3, 0.4) is 0 Å². The first kappa shape index (κ1) is 36.8. The molecule has 0 saturated carbocycles. The summed E-state index contributed by atoms with van der Waals surface area (Å²) in [5.41, 5.74) is 11.8. The first-order valence-electron chi connectivity index (χ1n) is 21.8. The molecule has 2 nitrogen and oxygen atoms in total. The van der Waals surface area contributed by atoms with Gasteiger partial charge in [0.25, 0.3) is 0 Å². The maximum Gasteiger partial charge on any atom is 0.181 e. The number of rotatable bonds is 8. The van der Waals surface area contributed by atoms with Crippen LogP contribution in [0.25, 0.3) is 77.2 Å². The second-order valence-corrected chi connectivity index (χ2v) is 20.2. The van der Waals surface area contributed by atoms with E-state index in [0.29, 0.717) is 0 Å². The molecule has 0 atom stereocenters. The van der Waals surface area contributed by atoms with Crippen molar-refractivity contribution in [1.82, 2.24) is 9.13 Å². The SMILES string of the molecule is c1ccc(-c2cccc(-n3c4ccccc4c4cc(-c5ccccc5)cc(-n5c6ccccc6c6cccc([Si](c7ccccc7)(c7ccccc7)c7ccccc7)c65)c43)c2)cc1. The van der Waals surface area contributed by atoms with Crippen LogP contribution in [0.1, 0.15) is 0 Å². The van der Waals surface area contributed by atoms with E-state index in [4.69, 9.17) is 0 Å². The second kappa shape index (κ2) is 15.2. The molecular formula is C60H42N2Si. The summed E-state index contributed by atoms with van der Waals surface area (Å²) in [5.74, 6) is 0. The molecule has 0 unspecified atom stereocenters. The summed E-state index contributed by atoms with van der Waals surface area (Å²) in [6.45, 7) is 0. The van der Waals surface area contributed by atoms with Crippen molar-refractivity contribution in [2.45, 2.75) is 0 Å².